The van der Waals surface area contributed by atoms with E-state index in [-0.39, 0.29) is 9.04 Å². The van der Waals surface area contributed by atoms with Crippen molar-refractivity contribution >= 4 is 21.8 Å². The smallest absolute Gasteiger partial charge is 0.0491 e. The van der Waals surface area contributed by atoms with Crippen LogP contribution < -0.4 is 5.19 Å². The first-order valence-corrected chi connectivity index (χ1v) is 11.1. The minimum absolute atomic E-state index is 0.0498. The molecule has 0 aliphatic heterocycles. The molecule has 66 valence electrons. The topological polar surface area (TPSA) is 0 Å². The summed E-state index contributed by atoms with van der Waals surface area (Å²) in [5, 5.41) is 1.64. The molecule has 0 aliphatic rings. The molecule has 0 aromatic heterocycles. The summed E-state index contributed by atoms with van der Waals surface area (Å²) in [5.74, 6) is 0. The number of hydrogen-bond donors (Lipinski definition) is 0. The van der Waals surface area contributed by atoms with Crippen molar-refractivity contribution in [3.8, 4) is 0 Å². The van der Waals surface area contributed by atoms with E-state index >= 15 is 0 Å². The van der Waals surface area contributed by atoms with Crippen LogP contribution in [-0.2, 0) is 0 Å². The molecule has 0 spiro atoms. The molecule has 1 aromatic carbocycles. The molecule has 1 aromatic rings. The molecule has 0 heterocycles. The standard InChI is InChI=1S/C10H18Si2/c1-9-5-7-10(8-6-9)11-12(2,3)4/h5-8H,11H2,1-4H3. The molecule has 0 aliphatic carbocycles. The van der Waals surface area contributed by atoms with Gasteiger partial charge in [0, 0.05) is 16.6 Å². The Kier molecular flexibility index (Phi) is 2.91. The monoisotopic (exact) mass is 194 g/mol. The van der Waals surface area contributed by atoms with Gasteiger partial charge < -0.3 is 0 Å². The number of benzene rings is 1. The van der Waals surface area contributed by atoms with Crippen LogP contribution in [0.3, 0.4) is 0 Å². The van der Waals surface area contributed by atoms with Gasteiger partial charge >= 0.3 is 0 Å². The van der Waals surface area contributed by atoms with Crippen molar-refractivity contribution in [2.24, 2.45) is 0 Å². The predicted octanol–water partition coefficient (Wildman–Crippen LogP) is 1.62. The van der Waals surface area contributed by atoms with E-state index in [1.54, 1.807) is 5.19 Å². The average molecular weight is 194 g/mol. The van der Waals surface area contributed by atoms with Gasteiger partial charge in [0.1, 0.15) is 0 Å². The summed E-state index contributed by atoms with van der Waals surface area (Å²) in [5.41, 5.74) is 1.38. The lowest BCUT2D eigenvalue weighted by molar-refractivity contribution is 1.49. The molecule has 0 bridgehead atoms. The maximum atomic E-state index is 2.47. The number of aryl methyl sites for hydroxylation is 1. The molecule has 0 radical (unpaired) electrons. The van der Waals surface area contributed by atoms with Crippen molar-refractivity contribution in [2.45, 2.75) is 26.6 Å². The van der Waals surface area contributed by atoms with E-state index in [9.17, 15) is 0 Å². The molecule has 0 amide bonds. The average Bonchev–Trinajstić information content (AvgIpc) is 1.91. The van der Waals surface area contributed by atoms with Crippen molar-refractivity contribution in [1.29, 1.82) is 0 Å². The molecule has 12 heavy (non-hydrogen) atoms. The van der Waals surface area contributed by atoms with Crippen molar-refractivity contribution in [3.63, 3.8) is 0 Å². The molecule has 2 heteroatoms. The van der Waals surface area contributed by atoms with E-state index in [0.29, 0.717) is 0 Å². The van der Waals surface area contributed by atoms with Gasteiger partial charge in [0.2, 0.25) is 0 Å². The van der Waals surface area contributed by atoms with Crippen LogP contribution in [0.1, 0.15) is 5.56 Å². The molecule has 0 atom stereocenters. The highest BCUT2D eigenvalue weighted by Crippen LogP contribution is 1.99. The predicted molar refractivity (Wildman–Crippen MR) is 62.7 cm³/mol. The van der Waals surface area contributed by atoms with Gasteiger partial charge in [-0.2, -0.15) is 0 Å². The van der Waals surface area contributed by atoms with E-state index in [4.69, 9.17) is 0 Å². The zero-order valence-electron chi connectivity index (χ0n) is 8.52. The minimum Gasteiger partial charge on any atom is -0.0717 e. The van der Waals surface area contributed by atoms with Crippen LogP contribution in [0.15, 0.2) is 24.3 Å². The Bertz CT molecular complexity index is 244. The van der Waals surface area contributed by atoms with Gasteiger partial charge in [-0.25, -0.2) is 0 Å². The normalized spacial score (nSPS) is 12.7. The Morgan fingerprint density at radius 3 is 1.92 bits per heavy atom. The first-order valence-electron chi connectivity index (χ1n) is 4.53. The molecule has 1 rings (SSSR count). The van der Waals surface area contributed by atoms with Crippen molar-refractivity contribution < 1.29 is 0 Å². The Hall–Kier alpha value is -0.346. The highest BCUT2D eigenvalue weighted by Gasteiger charge is 2.13. The fraction of sp³-hybridized carbons (Fsp3) is 0.400. The third-order valence-corrected chi connectivity index (χ3v) is 8.20. The number of hydrogen-bond acceptors (Lipinski definition) is 0. The second-order valence-corrected chi connectivity index (χ2v) is 18.4. The summed E-state index contributed by atoms with van der Waals surface area (Å²) < 4.78 is 0. The fourth-order valence-corrected chi connectivity index (χ4v) is 7.40. The van der Waals surface area contributed by atoms with E-state index < -0.39 is 7.59 Å². The van der Waals surface area contributed by atoms with Crippen LogP contribution in [0.2, 0.25) is 19.6 Å². The van der Waals surface area contributed by atoms with Crippen molar-refractivity contribution in [1.82, 2.24) is 0 Å². The fourth-order valence-electron chi connectivity index (χ4n) is 1.32. The first kappa shape index (κ1) is 9.74. The van der Waals surface area contributed by atoms with Gasteiger partial charge in [-0.05, 0) is 6.92 Å². The largest absolute Gasteiger partial charge is 0.0717 e. The lowest BCUT2D eigenvalue weighted by atomic mass is 10.2. The lowest BCUT2D eigenvalue weighted by Gasteiger charge is -2.14. The van der Waals surface area contributed by atoms with Gasteiger partial charge in [-0.15, -0.1) is 0 Å². The summed E-state index contributed by atoms with van der Waals surface area (Å²) in [6.45, 7) is 9.57. The van der Waals surface area contributed by atoms with Gasteiger partial charge in [0.25, 0.3) is 0 Å². The van der Waals surface area contributed by atoms with Crippen LogP contribution >= 0.6 is 0 Å². The Labute approximate surface area is 78.6 Å². The second-order valence-electron chi connectivity index (χ2n) is 4.72. The summed E-state index contributed by atoms with van der Waals surface area (Å²) in [6, 6.07) is 9.12. The highest BCUT2D eigenvalue weighted by molar-refractivity contribution is 7.27. The summed E-state index contributed by atoms with van der Waals surface area (Å²) in [4.78, 5) is 0. The Morgan fingerprint density at radius 1 is 1.00 bits per heavy atom. The first-order chi connectivity index (χ1) is 5.47. The van der Waals surface area contributed by atoms with E-state index in [2.05, 4.69) is 50.8 Å². The molecular formula is C10H18Si2. The van der Waals surface area contributed by atoms with Crippen LogP contribution in [-0.4, -0.2) is 16.6 Å². The molecular weight excluding hydrogens is 176 g/mol. The quantitative estimate of drug-likeness (QED) is 0.628. The summed E-state index contributed by atoms with van der Waals surface area (Å²) >= 11 is 0. The maximum absolute atomic E-state index is 2.47. The second kappa shape index (κ2) is 3.58. The maximum Gasteiger partial charge on any atom is 0.0491 e. The zero-order chi connectivity index (χ0) is 9.19. The van der Waals surface area contributed by atoms with Crippen LogP contribution in [0.25, 0.3) is 0 Å². The van der Waals surface area contributed by atoms with Gasteiger partial charge in [0.05, 0.1) is 0 Å². The minimum atomic E-state index is -0.777. The van der Waals surface area contributed by atoms with Crippen LogP contribution in [0.4, 0.5) is 0 Å². The van der Waals surface area contributed by atoms with Crippen LogP contribution in [0, 0.1) is 6.92 Å². The van der Waals surface area contributed by atoms with Gasteiger partial charge in [-0.3, -0.25) is 0 Å². The van der Waals surface area contributed by atoms with Crippen molar-refractivity contribution in [3.05, 3.63) is 29.8 Å². The highest BCUT2D eigenvalue weighted by atomic mass is 29.2. The summed E-state index contributed by atoms with van der Waals surface area (Å²) in [6.07, 6.45) is 0. The number of rotatable bonds is 2. The SMILES string of the molecule is Cc1ccc([SiH2][Si](C)(C)C)cc1. The van der Waals surface area contributed by atoms with E-state index in [1.807, 2.05) is 0 Å². The van der Waals surface area contributed by atoms with Gasteiger partial charge in [-0.1, -0.05) is 54.7 Å². The zero-order valence-corrected chi connectivity index (χ0v) is 10.9. The molecule has 0 nitrogen and oxygen atoms in total. The van der Waals surface area contributed by atoms with E-state index in [1.165, 1.54) is 5.56 Å². The molecule has 0 N–H and O–H groups in total. The summed E-state index contributed by atoms with van der Waals surface area (Å²) in [7, 11) is -0.727. The van der Waals surface area contributed by atoms with Crippen molar-refractivity contribution in [2.75, 3.05) is 0 Å². The molecule has 0 unspecified atom stereocenters. The molecule has 0 fully saturated rings. The Balaban J connectivity index is 2.71. The lowest BCUT2D eigenvalue weighted by Crippen LogP contribution is -2.38. The molecule has 0 saturated heterocycles. The molecule has 0 saturated carbocycles. The van der Waals surface area contributed by atoms with E-state index in [0.717, 1.165) is 0 Å². The van der Waals surface area contributed by atoms with Crippen LogP contribution in [0.5, 0.6) is 0 Å². The third-order valence-electron chi connectivity index (χ3n) is 1.86. The third kappa shape index (κ3) is 3.37. The Morgan fingerprint density at radius 2 is 1.50 bits per heavy atom. The van der Waals surface area contributed by atoms with Gasteiger partial charge in [0.15, 0.2) is 0 Å².